The van der Waals surface area contributed by atoms with Gasteiger partial charge >= 0.3 is 0 Å². The Labute approximate surface area is 349 Å². The van der Waals surface area contributed by atoms with Crippen LogP contribution in [0.25, 0.3) is 127 Å². The van der Waals surface area contributed by atoms with E-state index in [0.29, 0.717) is 0 Å². The first-order chi connectivity index (χ1) is 29.2. The van der Waals surface area contributed by atoms with E-state index in [9.17, 15) is 0 Å². The van der Waals surface area contributed by atoms with Gasteiger partial charge in [0.1, 0.15) is 0 Å². The van der Waals surface area contributed by atoms with Crippen LogP contribution in [-0.4, -0.2) is 9.13 Å². The number of aromatic nitrogens is 2. The van der Waals surface area contributed by atoms with E-state index in [1.807, 2.05) is 34.0 Å². The molecule has 0 spiro atoms. The standard InChI is InChI=1S/C54H30N2S3/c1-5-16-43-39(14-1)51-45(55(43)33-11-9-10-31(28-33)32-20-26-49-41(29-32)35-12-3-7-18-47(35)57-49)24-22-37-38-23-25-46-52(54(38)59-53(37)51)40-15-2-6-17-44(40)56(46)34-21-27-50-42(30-34)36-13-4-8-19-48(36)58-50/h1-30H. The molecule has 14 rings (SSSR count). The first-order valence-electron chi connectivity index (χ1n) is 20.0. The summed E-state index contributed by atoms with van der Waals surface area (Å²) in [7, 11) is 0. The maximum Gasteiger partial charge on any atom is 0.0555 e. The number of fused-ring (bicyclic) bond motifs is 17. The minimum absolute atomic E-state index is 1.17. The van der Waals surface area contributed by atoms with Gasteiger partial charge in [0.05, 0.1) is 22.1 Å². The number of hydrogen-bond donors (Lipinski definition) is 0. The van der Waals surface area contributed by atoms with Crippen molar-refractivity contribution in [2.24, 2.45) is 0 Å². The Balaban J connectivity index is 0.993. The second kappa shape index (κ2) is 11.9. The van der Waals surface area contributed by atoms with Gasteiger partial charge < -0.3 is 9.13 Å². The Morgan fingerprint density at radius 3 is 1.39 bits per heavy atom. The molecule has 14 aromatic rings. The molecule has 5 aromatic heterocycles. The normalized spacial score (nSPS) is 12.4. The van der Waals surface area contributed by atoms with Crippen molar-refractivity contribution in [3.05, 3.63) is 182 Å². The SMILES string of the molecule is c1cc(-c2ccc3sc4ccccc4c3c2)cc(-n2c3ccccc3c3c4sc5c(ccc6c5c5ccccc5n6-c5ccc6sc7ccccc7c6c5)c4ccc32)c1. The second-order valence-electron chi connectivity index (χ2n) is 15.6. The molecule has 0 radical (unpaired) electrons. The molecule has 5 heterocycles. The van der Waals surface area contributed by atoms with Crippen LogP contribution >= 0.6 is 34.0 Å². The minimum Gasteiger partial charge on any atom is -0.309 e. The summed E-state index contributed by atoms with van der Waals surface area (Å²) in [4.78, 5) is 0. The molecule has 274 valence electrons. The van der Waals surface area contributed by atoms with Gasteiger partial charge in [0.2, 0.25) is 0 Å². The van der Waals surface area contributed by atoms with E-state index in [1.54, 1.807) is 0 Å². The zero-order valence-corrected chi connectivity index (χ0v) is 33.9. The summed E-state index contributed by atoms with van der Waals surface area (Å²) < 4.78 is 13.0. The molecule has 59 heavy (non-hydrogen) atoms. The lowest BCUT2D eigenvalue weighted by atomic mass is 10.0. The molecule has 0 aliphatic rings. The fourth-order valence-corrected chi connectivity index (χ4v) is 13.5. The molecule has 5 heteroatoms. The topological polar surface area (TPSA) is 9.86 Å². The molecule has 0 amide bonds. The number of para-hydroxylation sites is 2. The average Bonchev–Trinajstić information content (AvgIpc) is 4.10. The van der Waals surface area contributed by atoms with Crippen LogP contribution in [0.2, 0.25) is 0 Å². The van der Waals surface area contributed by atoms with Crippen molar-refractivity contribution in [2.75, 3.05) is 0 Å². The third-order valence-corrected chi connectivity index (χ3v) is 16.1. The van der Waals surface area contributed by atoms with E-state index in [1.165, 1.54) is 127 Å². The quantitative estimate of drug-likeness (QED) is 0.168. The highest BCUT2D eigenvalue weighted by Gasteiger charge is 2.22. The average molecular weight is 803 g/mol. The van der Waals surface area contributed by atoms with Gasteiger partial charge in [-0.2, -0.15) is 0 Å². The third kappa shape index (κ3) is 4.44. The predicted octanol–water partition coefficient (Wildman–Crippen LogP) is 16.7. The highest BCUT2D eigenvalue weighted by Crippen LogP contribution is 2.48. The van der Waals surface area contributed by atoms with Crippen molar-refractivity contribution < 1.29 is 0 Å². The molecule has 0 saturated heterocycles. The van der Waals surface area contributed by atoms with Crippen molar-refractivity contribution in [3.63, 3.8) is 0 Å². The van der Waals surface area contributed by atoms with Gasteiger partial charge in [-0.15, -0.1) is 34.0 Å². The van der Waals surface area contributed by atoms with Crippen LogP contribution in [0.4, 0.5) is 0 Å². The summed E-state index contributed by atoms with van der Waals surface area (Å²) in [6.45, 7) is 0. The van der Waals surface area contributed by atoms with E-state index in [0.717, 1.165) is 0 Å². The van der Waals surface area contributed by atoms with Gasteiger partial charge in [-0.3, -0.25) is 0 Å². The van der Waals surface area contributed by atoms with Gasteiger partial charge in [0, 0.05) is 93.4 Å². The molecule has 9 aromatic carbocycles. The fraction of sp³-hybridized carbons (Fsp3) is 0. The van der Waals surface area contributed by atoms with Crippen LogP contribution in [-0.2, 0) is 0 Å². The Hall–Kier alpha value is -6.76. The molecule has 0 saturated carbocycles. The predicted molar refractivity (Wildman–Crippen MR) is 259 cm³/mol. The van der Waals surface area contributed by atoms with E-state index in [-0.39, 0.29) is 0 Å². The van der Waals surface area contributed by atoms with Crippen LogP contribution in [0.15, 0.2) is 182 Å². The van der Waals surface area contributed by atoms with Gasteiger partial charge in [-0.1, -0.05) is 103 Å². The molecule has 0 unspecified atom stereocenters. The molecule has 2 nitrogen and oxygen atoms in total. The summed E-state index contributed by atoms with van der Waals surface area (Å²) in [5.41, 5.74) is 9.77. The van der Waals surface area contributed by atoms with E-state index in [4.69, 9.17) is 0 Å². The second-order valence-corrected chi connectivity index (χ2v) is 18.8. The van der Waals surface area contributed by atoms with Crippen molar-refractivity contribution in [3.8, 4) is 22.5 Å². The monoisotopic (exact) mass is 802 g/mol. The lowest BCUT2D eigenvalue weighted by Gasteiger charge is -2.11. The maximum absolute atomic E-state index is 2.48. The van der Waals surface area contributed by atoms with Crippen LogP contribution < -0.4 is 0 Å². The number of rotatable bonds is 3. The minimum atomic E-state index is 1.17. The zero-order chi connectivity index (χ0) is 38.3. The maximum atomic E-state index is 2.48. The van der Waals surface area contributed by atoms with Crippen LogP contribution in [0, 0.1) is 0 Å². The van der Waals surface area contributed by atoms with Crippen LogP contribution in [0.1, 0.15) is 0 Å². The van der Waals surface area contributed by atoms with Crippen molar-refractivity contribution in [1.29, 1.82) is 0 Å². The molecular formula is C54H30N2S3. The largest absolute Gasteiger partial charge is 0.309 e. The Bertz CT molecular complexity index is 4090. The van der Waals surface area contributed by atoms with Gasteiger partial charge in [0.15, 0.2) is 0 Å². The van der Waals surface area contributed by atoms with Crippen molar-refractivity contribution in [2.45, 2.75) is 0 Å². The summed E-state index contributed by atoms with van der Waals surface area (Å²) >= 11 is 5.69. The number of thiophene rings is 3. The van der Waals surface area contributed by atoms with Crippen molar-refractivity contribution in [1.82, 2.24) is 9.13 Å². The lowest BCUT2D eigenvalue weighted by Crippen LogP contribution is -1.94. The van der Waals surface area contributed by atoms with Crippen LogP contribution in [0.3, 0.4) is 0 Å². The smallest absolute Gasteiger partial charge is 0.0555 e. The Morgan fingerprint density at radius 1 is 0.271 bits per heavy atom. The molecule has 0 aliphatic heterocycles. The lowest BCUT2D eigenvalue weighted by molar-refractivity contribution is 1.18. The van der Waals surface area contributed by atoms with Crippen LogP contribution in [0.5, 0.6) is 0 Å². The molecule has 0 fully saturated rings. The third-order valence-electron chi connectivity index (χ3n) is 12.5. The fourth-order valence-electron chi connectivity index (χ4n) is 9.94. The summed E-state index contributed by atoms with van der Waals surface area (Å²) in [5, 5.41) is 13.2. The summed E-state index contributed by atoms with van der Waals surface area (Å²) in [6.07, 6.45) is 0. The molecule has 0 aliphatic carbocycles. The molecule has 0 N–H and O–H groups in total. The van der Waals surface area contributed by atoms with E-state index < -0.39 is 0 Å². The van der Waals surface area contributed by atoms with E-state index >= 15 is 0 Å². The van der Waals surface area contributed by atoms with Gasteiger partial charge in [0.25, 0.3) is 0 Å². The highest BCUT2D eigenvalue weighted by molar-refractivity contribution is 7.28. The summed E-state index contributed by atoms with van der Waals surface area (Å²) in [6, 6.07) is 67.9. The molecule has 0 bridgehead atoms. The van der Waals surface area contributed by atoms with Gasteiger partial charge in [-0.25, -0.2) is 0 Å². The Morgan fingerprint density at radius 2 is 0.763 bits per heavy atom. The van der Waals surface area contributed by atoms with E-state index in [2.05, 4.69) is 191 Å². The first kappa shape index (κ1) is 32.2. The van der Waals surface area contributed by atoms with Crippen molar-refractivity contribution >= 4 is 138 Å². The number of benzene rings is 9. The zero-order valence-electron chi connectivity index (χ0n) is 31.4. The highest BCUT2D eigenvalue weighted by atomic mass is 32.1. The Kier molecular flexibility index (Phi) is 6.50. The molecular weight excluding hydrogens is 773 g/mol. The molecule has 0 atom stereocenters. The number of nitrogens with zero attached hydrogens (tertiary/aromatic N) is 2. The van der Waals surface area contributed by atoms with Gasteiger partial charge in [-0.05, 0) is 90.0 Å². The number of hydrogen-bond acceptors (Lipinski definition) is 3. The summed E-state index contributed by atoms with van der Waals surface area (Å²) in [5.74, 6) is 0. The first-order valence-corrected chi connectivity index (χ1v) is 22.4.